The fourth-order valence-electron chi connectivity index (χ4n) is 3.12. The van der Waals surface area contributed by atoms with Gasteiger partial charge in [0.25, 0.3) is 5.92 Å². The van der Waals surface area contributed by atoms with Crippen LogP contribution in [-0.2, 0) is 16.3 Å². The predicted molar refractivity (Wildman–Crippen MR) is 75.3 cm³/mol. The molecule has 0 aliphatic carbocycles. The molecule has 0 amide bonds. The number of nitrogens with one attached hydrogen (secondary N) is 1. The number of ether oxygens (including phenoxy) is 1. The molecule has 2 nitrogen and oxygen atoms in total. The number of hydrogen-bond acceptors (Lipinski definition) is 3. The third kappa shape index (κ3) is 2.15. The van der Waals surface area contributed by atoms with Gasteiger partial charge in [-0.2, -0.15) is 8.78 Å². The van der Waals surface area contributed by atoms with Gasteiger partial charge in [0.15, 0.2) is 0 Å². The van der Waals surface area contributed by atoms with E-state index in [1.165, 1.54) is 17.4 Å². The number of alkyl halides is 2. The molecule has 1 aromatic rings. The van der Waals surface area contributed by atoms with E-state index in [1.54, 1.807) is 0 Å². The van der Waals surface area contributed by atoms with Crippen molar-refractivity contribution in [3.05, 3.63) is 20.8 Å². The van der Waals surface area contributed by atoms with Gasteiger partial charge in [0, 0.05) is 22.9 Å². The summed E-state index contributed by atoms with van der Waals surface area (Å²) in [6, 6.07) is 1.29. The zero-order valence-electron chi connectivity index (χ0n) is 10.9. The summed E-state index contributed by atoms with van der Waals surface area (Å²) in [4.78, 5) is 0.535. The Morgan fingerprint density at radius 1 is 1.55 bits per heavy atom. The number of rotatable bonds is 0. The lowest BCUT2D eigenvalue weighted by Crippen LogP contribution is -2.54. The standard InChI is InChI=1S/C14H14ClF2NOS/c1-3-9-6-13(5-8(2)18-9)12-10(4-11(15)20-12)14(16,17)7-19-13/h1,4,8-9,18H,5-7H2,2H3/t8-,9?,13-/m0/s1. The van der Waals surface area contributed by atoms with Gasteiger partial charge in [-0.3, -0.25) is 0 Å². The molecule has 20 heavy (non-hydrogen) atoms. The first kappa shape index (κ1) is 14.3. The molecule has 2 aliphatic heterocycles. The number of piperidine rings is 1. The van der Waals surface area contributed by atoms with E-state index in [4.69, 9.17) is 22.8 Å². The summed E-state index contributed by atoms with van der Waals surface area (Å²) in [5.74, 6) is -0.325. The van der Waals surface area contributed by atoms with Crippen LogP contribution in [0.5, 0.6) is 0 Å². The first-order chi connectivity index (χ1) is 9.36. The Balaban J connectivity index is 2.09. The summed E-state index contributed by atoms with van der Waals surface area (Å²) < 4.78 is 34.0. The average molecular weight is 318 g/mol. The van der Waals surface area contributed by atoms with Crippen LogP contribution in [0.1, 0.15) is 30.2 Å². The lowest BCUT2D eigenvalue weighted by Gasteiger charge is -2.46. The fourth-order valence-corrected chi connectivity index (χ4v) is 4.56. The normalized spacial score (nSPS) is 35.5. The number of thiophene rings is 1. The van der Waals surface area contributed by atoms with Crippen molar-refractivity contribution in [3.8, 4) is 12.3 Å². The minimum Gasteiger partial charge on any atom is -0.363 e. The second-order valence-corrected chi connectivity index (χ2v) is 7.16. The van der Waals surface area contributed by atoms with E-state index in [1.807, 2.05) is 6.92 Å². The molecule has 6 heteroatoms. The van der Waals surface area contributed by atoms with Gasteiger partial charge in [-0.1, -0.05) is 17.5 Å². The Kier molecular flexibility index (Phi) is 3.33. The third-order valence-electron chi connectivity index (χ3n) is 3.90. The van der Waals surface area contributed by atoms with Gasteiger partial charge < -0.3 is 10.1 Å². The molecule has 0 radical (unpaired) electrons. The zero-order chi connectivity index (χ0) is 14.5. The first-order valence-corrected chi connectivity index (χ1v) is 7.60. The molecule has 3 rings (SSSR count). The monoisotopic (exact) mass is 317 g/mol. The van der Waals surface area contributed by atoms with E-state index in [-0.39, 0.29) is 17.6 Å². The Hall–Kier alpha value is -0.670. The van der Waals surface area contributed by atoms with Crippen LogP contribution in [-0.4, -0.2) is 18.7 Å². The molecule has 3 atom stereocenters. The highest BCUT2D eigenvalue weighted by Gasteiger charge is 2.53. The molecule has 2 aliphatic rings. The van der Waals surface area contributed by atoms with Crippen LogP contribution in [0.4, 0.5) is 8.78 Å². The highest BCUT2D eigenvalue weighted by molar-refractivity contribution is 7.16. The summed E-state index contributed by atoms with van der Waals surface area (Å²) in [5, 5.41) is 3.26. The van der Waals surface area contributed by atoms with Crippen LogP contribution in [0.15, 0.2) is 6.07 Å². The van der Waals surface area contributed by atoms with E-state index in [0.29, 0.717) is 22.1 Å². The van der Waals surface area contributed by atoms with Crippen LogP contribution in [0.25, 0.3) is 0 Å². The van der Waals surface area contributed by atoms with E-state index >= 15 is 0 Å². The second kappa shape index (κ2) is 4.67. The van der Waals surface area contributed by atoms with E-state index in [9.17, 15) is 8.78 Å². The van der Waals surface area contributed by atoms with Crippen molar-refractivity contribution < 1.29 is 13.5 Å². The maximum Gasteiger partial charge on any atom is 0.297 e. The van der Waals surface area contributed by atoms with Gasteiger partial charge in [-0.25, -0.2) is 0 Å². The lowest BCUT2D eigenvalue weighted by molar-refractivity contribution is -0.180. The zero-order valence-corrected chi connectivity index (χ0v) is 12.5. The summed E-state index contributed by atoms with van der Waals surface area (Å²) >= 11 is 7.14. The van der Waals surface area contributed by atoms with Gasteiger partial charge in [0.1, 0.15) is 12.2 Å². The lowest BCUT2D eigenvalue weighted by atomic mass is 9.79. The Bertz CT molecular complexity index is 582. The molecule has 1 saturated heterocycles. The molecular weight excluding hydrogens is 304 g/mol. The largest absolute Gasteiger partial charge is 0.363 e. The minimum atomic E-state index is -2.98. The van der Waals surface area contributed by atoms with Crippen molar-refractivity contribution in [2.75, 3.05) is 6.61 Å². The summed E-state index contributed by atoms with van der Waals surface area (Å²) in [6.45, 7) is 1.37. The number of terminal acetylenes is 1. The minimum absolute atomic E-state index is 0.00335. The molecular formula is C14H14ClF2NOS. The topological polar surface area (TPSA) is 21.3 Å². The van der Waals surface area contributed by atoms with Crippen molar-refractivity contribution in [1.82, 2.24) is 5.32 Å². The number of fused-ring (bicyclic) bond motifs is 2. The molecule has 1 unspecified atom stereocenters. The molecule has 1 aromatic heterocycles. The average Bonchev–Trinajstić information content (AvgIpc) is 2.79. The van der Waals surface area contributed by atoms with Crippen LogP contribution < -0.4 is 5.32 Å². The maximum atomic E-state index is 14.0. The Morgan fingerprint density at radius 3 is 3.00 bits per heavy atom. The summed E-state index contributed by atoms with van der Waals surface area (Å²) in [6.07, 6.45) is 6.61. The molecule has 0 saturated carbocycles. The molecule has 1 fully saturated rings. The third-order valence-corrected chi connectivity index (χ3v) is 5.35. The smallest absolute Gasteiger partial charge is 0.297 e. The van der Waals surface area contributed by atoms with Crippen molar-refractivity contribution >= 4 is 22.9 Å². The van der Waals surface area contributed by atoms with Crippen molar-refractivity contribution in [3.63, 3.8) is 0 Å². The van der Waals surface area contributed by atoms with Gasteiger partial charge in [0.2, 0.25) is 0 Å². The van der Waals surface area contributed by atoms with E-state index in [0.717, 1.165) is 0 Å². The molecule has 0 bridgehead atoms. The fraction of sp³-hybridized carbons (Fsp3) is 0.571. The molecule has 1 spiro atoms. The highest BCUT2D eigenvalue weighted by Crippen LogP contribution is 2.53. The maximum absolute atomic E-state index is 14.0. The Labute approximate surface area is 125 Å². The SMILES string of the molecule is C#CC1C[C@]2(C[C@H](C)N1)OCC(F)(F)c1cc(Cl)sc12. The molecule has 108 valence electrons. The van der Waals surface area contributed by atoms with Crippen molar-refractivity contribution in [1.29, 1.82) is 0 Å². The first-order valence-electron chi connectivity index (χ1n) is 6.40. The van der Waals surface area contributed by atoms with Gasteiger partial charge in [-0.15, -0.1) is 17.8 Å². The predicted octanol–water partition coefficient (Wildman–Crippen LogP) is 3.49. The van der Waals surface area contributed by atoms with Crippen LogP contribution in [0, 0.1) is 12.3 Å². The van der Waals surface area contributed by atoms with Crippen LogP contribution >= 0.6 is 22.9 Å². The number of halogens is 3. The molecule has 0 aromatic carbocycles. The van der Waals surface area contributed by atoms with Crippen LogP contribution in [0.2, 0.25) is 4.34 Å². The van der Waals surface area contributed by atoms with E-state index in [2.05, 4.69) is 11.2 Å². The molecule has 3 heterocycles. The van der Waals surface area contributed by atoms with Gasteiger partial charge in [0.05, 0.1) is 10.4 Å². The van der Waals surface area contributed by atoms with Gasteiger partial charge in [-0.05, 0) is 19.4 Å². The quantitative estimate of drug-likeness (QED) is 0.740. The summed E-state index contributed by atoms with van der Waals surface area (Å²) in [7, 11) is 0. The molecule has 1 N–H and O–H groups in total. The Morgan fingerprint density at radius 2 is 2.30 bits per heavy atom. The van der Waals surface area contributed by atoms with E-state index < -0.39 is 18.1 Å². The van der Waals surface area contributed by atoms with Crippen molar-refractivity contribution in [2.24, 2.45) is 0 Å². The van der Waals surface area contributed by atoms with Crippen molar-refractivity contribution in [2.45, 2.75) is 43.4 Å². The number of hydrogen-bond donors (Lipinski definition) is 1. The van der Waals surface area contributed by atoms with Gasteiger partial charge >= 0.3 is 0 Å². The highest BCUT2D eigenvalue weighted by atomic mass is 35.5. The summed E-state index contributed by atoms with van der Waals surface area (Å²) in [5.41, 5.74) is -0.736. The van der Waals surface area contributed by atoms with Crippen LogP contribution in [0.3, 0.4) is 0 Å². The second-order valence-electron chi connectivity index (χ2n) is 5.48.